The number of hydrogen-bond acceptors (Lipinski definition) is 6. The van der Waals surface area contributed by atoms with Crippen LogP contribution in [0.15, 0.2) is 57.6 Å². The van der Waals surface area contributed by atoms with Gasteiger partial charge in [0.05, 0.1) is 22.5 Å². The molecular formula is C20H15BrN2O5S. The number of nitrogens with two attached hydrogens (primary N) is 1. The molecule has 0 unspecified atom stereocenters. The maximum atomic E-state index is 13.2. The number of ketones is 2. The first-order chi connectivity index (χ1) is 13.7. The zero-order chi connectivity index (χ0) is 20.9. The highest BCUT2D eigenvalue weighted by Crippen LogP contribution is 2.39. The molecule has 0 atom stereocenters. The first-order valence-corrected chi connectivity index (χ1v) is 10.9. The Balaban J connectivity index is 2.00. The summed E-state index contributed by atoms with van der Waals surface area (Å²) in [6.45, 7) is 0. The van der Waals surface area contributed by atoms with Crippen LogP contribution in [0.1, 0.15) is 44.7 Å². The van der Waals surface area contributed by atoms with Crippen molar-refractivity contribution in [3.63, 3.8) is 0 Å². The highest BCUT2D eigenvalue weighted by molar-refractivity contribution is 9.11. The summed E-state index contributed by atoms with van der Waals surface area (Å²) in [7, 11) is -4.73. The molecule has 148 valence electrons. The fourth-order valence-electron chi connectivity index (χ4n) is 3.51. The van der Waals surface area contributed by atoms with Crippen LogP contribution in [0.4, 0.5) is 11.4 Å². The molecule has 0 saturated heterocycles. The second-order valence-electron chi connectivity index (χ2n) is 6.68. The molecule has 0 saturated carbocycles. The maximum absolute atomic E-state index is 13.2. The van der Waals surface area contributed by atoms with Gasteiger partial charge in [0, 0.05) is 16.8 Å². The Hall–Kier alpha value is -2.75. The summed E-state index contributed by atoms with van der Waals surface area (Å²) in [4.78, 5) is 25.6. The van der Waals surface area contributed by atoms with Crippen molar-refractivity contribution in [1.29, 1.82) is 0 Å². The summed E-state index contributed by atoms with van der Waals surface area (Å²) < 4.78 is 34.3. The van der Waals surface area contributed by atoms with E-state index in [9.17, 15) is 22.6 Å². The zero-order valence-corrected chi connectivity index (χ0v) is 17.3. The summed E-state index contributed by atoms with van der Waals surface area (Å²) >= 11 is 3.42. The van der Waals surface area contributed by atoms with Gasteiger partial charge in [0.15, 0.2) is 11.6 Å². The van der Waals surface area contributed by atoms with E-state index in [0.29, 0.717) is 5.70 Å². The van der Waals surface area contributed by atoms with Gasteiger partial charge in [-0.05, 0) is 29.5 Å². The van der Waals surface area contributed by atoms with E-state index in [0.717, 1.165) is 23.4 Å². The van der Waals surface area contributed by atoms with Crippen molar-refractivity contribution in [2.24, 2.45) is 0 Å². The summed E-state index contributed by atoms with van der Waals surface area (Å²) in [5.41, 5.74) is 6.30. The summed E-state index contributed by atoms with van der Waals surface area (Å²) in [5.74, 6) is -1.03. The fourth-order valence-corrected chi connectivity index (χ4v) is 4.64. The van der Waals surface area contributed by atoms with Crippen molar-refractivity contribution in [2.75, 3.05) is 11.1 Å². The molecule has 0 aromatic heterocycles. The predicted octanol–water partition coefficient (Wildman–Crippen LogP) is 3.66. The molecule has 2 aromatic carbocycles. The van der Waals surface area contributed by atoms with Gasteiger partial charge in [-0.25, -0.2) is 0 Å². The van der Waals surface area contributed by atoms with Crippen molar-refractivity contribution < 1.29 is 22.6 Å². The molecule has 2 aromatic rings. The maximum Gasteiger partial charge on any atom is 0.296 e. The van der Waals surface area contributed by atoms with Crippen molar-refractivity contribution >= 4 is 49.0 Å². The quantitative estimate of drug-likeness (QED) is 0.390. The zero-order valence-electron chi connectivity index (χ0n) is 14.9. The largest absolute Gasteiger partial charge is 0.397 e. The van der Waals surface area contributed by atoms with Crippen LogP contribution in [-0.4, -0.2) is 24.5 Å². The van der Waals surface area contributed by atoms with Crippen LogP contribution in [-0.2, 0) is 10.1 Å². The molecule has 4 N–H and O–H groups in total. The SMILES string of the molecule is Nc1c(S(=O)(=O)O)cc(NC2=CCCC(Br)=C2)c2c1C(=O)c1ccccc1C2=O. The van der Waals surface area contributed by atoms with E-state index >= 15 is 0 Å². The van der Waals surface area contributed by atoms with Gasteiger partial charge in [-0.15, -0.1) is 0 Å². The van der Waals surface area contributed by atoms with E-state index in [1.165, 1.54) is 12.1 Å². The second-order valence-corrected chi connectivity index (χ2v) is 9.09. The van der Waals surface area contributed by atoms with Crippen molar-refractivity contribution in [2.45, 2.75) is 17.7 Å². The number of allylic oxidation sites excluding steroid dienone is 3. The fraction of sp³-hybridized carbons (Fsp3) is 0.100. The number of benzene rings is 2. The molecule has 0 aliphatic heterocycles. The molecule has 29 heavy (non-hydrogen) atoms. The lowest BCUT2D eigenvalue weighted by Crippen LogP contribution is -2.25. The van der Waals surface area contributed by atoms with E-state index < -0.39 is 32.3 Å². The van der Waals surface area contributed by atoms with Crippen molar-refractivity contribution in [3.05, 3.63) is 74.9 Å². The van der Waals surface area contributed by atoms with E-state index in [4.69, 9.17) is 5.73 Å². The lowest BCUT2D eigenvalue weighted by Gasteiger charge is -2.24. The molecular weight excluding hydrogens is 460 g/mol. The highest BCUT2D eigenvalue weighted by Gasteiger charge is 2.36. The van der Waals surface area contributed by atoms with Gasteiger partial charge < -0.3 is 11.1 Å². The van der Waals surface area contributed by atoms with Crippen LogP contribution in [0.2, 0.25) is 0 Å². The van der Waals surface area contributed by atoms with Crippen LogP contribution in [0.5, 0.6) is 0 Å². The molecule has 0 amide bonds. The summed E-state index contributed by atoms with van der Waals surface area (Å²) in [5, 5.41) is 3.01. The summed E-state index contributed by atoms with van der Waals surface area (Å²) in [6.07, 6.45) is 5.22. The number of carbonyl (C=O) groups is 2. The number of anilines is 2. The molecule has 0 bridgehead atoms. The second kappa shape index (κ2) is 6.94. The van der Waals surface area contributed by atoms with Crippen LogP contribution in [0.3, 0.4) is 0 Å². The van der Waals surface area contributed by atoms with Crippen molar-refractivity contribution in [3.8, 4) is 0 Å². The minimum absolute atomic E-state index is 0.0189. The molecule has 9 heteroatoms. The molecule has 0 spiro atoms. The minimum atomic E-state index is -4.73. The molecule has 0 radical (unpaired) electrons. The average Bonchev–Trinajstić information content (AvgIpc) is 2.66. The number of nitrogens with one attached hydrogen (secondary N) is 1. The third kappa shape index (κ3) is 3.31. The first kappa shape index (κ1) is 19.6. The number of hydrogen-bond donors (Lipinski definition) is 3. The molecule has 2 aliphatic rings. The molecule has 2 aliphatic carbocycles. The number of nitrogen functional groups attached to an aromatic ring is 1. The molecule has 0 heterocycles. The van der Waals surface area contributed by atoms with E-state index in [2.05, 4.69) is 21.2 Å². The number of carbonyl (C=O) groups excluding carboxylic acids is 2. The first-order valence-electron chi connectivity index (χ1n) is 8.64. The van der Waals surface area contributed by atoms with Gasteiger partial charge >= 0.3 is 0 Å². The number of halogens is 1. The standard InChI is InChI=1S/C20H15BrN2O5S/c21-10-4-3-5-11(8-10)23-14-9-15(29(26,27)28)18(22)17-16(14)19(24)12-6-1-2-7-13(12)20(17)25/h1-2,5-9,23H,3-4,22H2,(H,26,27,28). The van der Waals surface area contributed by atoms with Gasteiger partial charge in [-0.2, -0.15) is 8.42 Å². The van der Waals surface area contributed by atoms with Crippen molar-refractivity contribution in [1.82, 2.24) is 0 Å². The molecule has 7 nitrogen and oxygen atoms in total. The Morgan fingerprint density at radius 1 is 1.07 bits per heavy atom. The lowest BCUT2D eigenvalue weighted by atomic mass is 9.82. The Kier molecular flexibility index (Phi) is 4.68. The van der Waals surface area contributed by atoms with Crippen LogP contribution >= 0.6 is 15.9 Å². The monoisotopic (exact) mass is 474 g/mol. The third-order valence-electron chi connectivity index (χ3n) is 4.82. The van der Waals surface area contributed by atoms with Crippen LogP contribution < -0.4 is 11.1 Å². The van der Waals surface area contributed by atoms with Gasteiger partial charge in [0.2, 0.25) is 0 Å². The minimum Gasteiger partial charge on any atom is -0.397 e. The topological polar surface area (TPSA) is 127 Å². The Morgan fingerprint density at radius 2 is 1.69 bits per heavy atom. The third-order valence-corrected chi connectivity index (χ3v) is 6.34. The van der Waals surface area contributed by atoms with Gasteiger partial charge in [0.25, 0.3) is 10.1 Å². The molecule has 0 fully saturated rings. The highest BCUT2D eigenvalue weighted by atomic mass is 79.9. The lowest BCUT2D eigenvalue weighted by molar-refractivity contribution is 0.0980. The van der Waals surface area contributed by atoms with Gasteiger partial charge in [-0.1, -0.05) is 46.3 Å². The average molecular weight is 475 g/mol. The van der Waals surface area contributed by atoms with Crippen LogP contribution in [0.25, 0.3) is 0 Å². The van der Waals surface area contributed by atoms with E-state index in [1.807, 2.05) is 6.08 Å². The molecule has 4 rings (SSSR count). The number of rotatable bonds is 3. The number of fused-ring (bicyclic) bond motifs is 2. The van der Waals surface area contributed by atoms with E-state index in [1.54, 1.807) is 18.2 Å². The Bertz CT molecular complexity index is 1260. The normalized spacial score (nSPS) is 15.9. The Morgan fingerprint density at radius 3 is 2.28 bits per heavy atom. The summed E-state index contributed by atoms with van der Waals surface area (Å²) in [6, 6.07) is 7.34. The van der Waals surface area contributed by atoms with Crippen LogP contribution in [0, 0.1) is 0 Å². The van der Waals surface area contributed by atoms with Gasteiger partial charge in [0.1, 0.15) is 4.90 Å². The predicted molar refractivity (Wildman–Crippen MR) is 112 cm³/mol. The van der Waals surface area contributed by atoms with Gasteiger partial charge in [-0.3, -0.25) is 14.1 Å². The Labute approximate surface area is 175 Å². The smallest absolute Gasteiger partial charge is 0.296 e. The van der Waals surface area contributed by atoms with E-state index in [-0.39, 0.29) is 27.9 Å².